The van der Waals surface area contributed by atoms with Crippen LogP contribution in [0.15, 0.2) is 6.07 Å². The van der Waals surface area contributed by atoms with E-state index in [2.05, 4.69) is 0 Å². The van der Waals surface area contributed by atoms with E-state index in [9.17, 15) is 18.0 Å². The van der Waals surface area contributed by atoms with E-state index in [1.165, 1.54) is 11.3 Å². The first-order valence-electron chi connectivity index (χ1n) is 4.96. The molecule has 0 fully saturated rings. The Bertz CT molecular complexity index is 360. The molecule has 0 atom stereocenters. The molecule has 0 aliphatic rings. The molecule has 5 heteroatoms. The second kappa shape index (κ2) is 4.99. The minimum atomic E-state index is -4.17. The van der Waals surface area contributed by atoms with E-state index in [0.717, 1.165) is 10.4 Å². The summed E-state index contributed by atoms with van der Waals surface area (Å²) in [7, 11) is 0. The van der Waals surface area contributed by atoms with Gasteiger partial charge in [-0.2, -0.15) is 13.2 Å². The Balaban J connectivity index is 2.47. The molecule has 1 aromatic heterocycles. The highest BCUT2D eigenvalue weighted by molar-refractivity contribution is 7.14. The maximum absolute atomic E-state index is 11.9. The van der Waals surface area contributed by atoms with Gasteiger partial charge in [0.15, 0.2) is 5.78 Å². The van der Waals surface area contributed by atoms with E-state index in [4.69, 9.17) is 0 Å². The van der Waals surface area contributed by atoms with E-state index in [1.54, 1.807) is 6.07 Å². The summed E-state index contributed by atoms with van der Waals surface area (Å²) in [5.41, 5.74) is 1.02. The van der Waals surface area contributed by atoms with Crippen LogP contribution in [0.3, 0.4) is 0 Å². The number of ketones is 1. The molecule has 0 amide bonds. The van der Waals surface area contributed by atoms with Crippen molar-refractivity contribution in [2.24, 2.45) is 0 Å². The molecule has 90 valence electrons. The van der Waals surface area contributed by atoms with Gasteiger partial charge < -0.3 is 0 Å². The van der Waals surface area contributed by atoms with Crippen LogP contribution in [0.2, 0.25) is 0 Å². The first-order valence-corrected chi connectivity index (χ1v) is 5.78. The molecule has 0 saturated carbocycles. The van der Waals surface area contributed by atoms with Gasteiger partial charge in [-0.05, 0) is 31.9 Å². The molecule has 0 saturated heterocycles. The van der Waals surface area contributed by atoms with Crippen molar-refractivity contribution in [2.45, 2.75) is 39.3 Å². The van der Waals surface area contributed by atoms with E-state index in [0.29, 0.717) is 4.88 Å². The first-order chi connectivity index (χ1) is 7.29. The van der Waals surface area contributed by atoms with E-state index < -0.39 is 12.6 Å². The Hall–Kier alpha value is -0.840. The summed E-state index contributed by atoms with van der Waals surface area (Å²) in [6.07, 6.45) is -5.21. The van der Waals surface area contributed by atoms with Gasteiger partial charge in [0.05, 0.1) is 4.88 Å². The summed E-state index contributed by atoms with van der Waals surface area (Å²) in [5, 5.41) is 0. The number of hydrogen-bond acceptors (Lipinski definition) is 2. The number of hydrogen-bond donors (Lipinski definition) is 0. The maximum atomic E-state index is 11.9. The summed E-state index contributed by atoms with van der Waals surface area (Å²) in [4.78, 5) is 13.1. The molecule has 0 radical (unpaired) electrons. The van der Waals surface area contributed by atoms with Gasteiger partial charge in [-0.25, -0.2) is 0 Å². The summed E-state index contributed by atoms with van der Waals surface area (Å²) in [6.45, 7) is 3.78. The number of rotatable bonds is 4. The van der Waals surface area contributed by atoms with Gasteiger partial charge in [-0.15, -0.1) is 11.3 Å². The molecule has 1 rings (SSSR count). The third kappa shape index (κ3) is 3.96. The van der Waals surface area contributed by atoms with Crippen molar-refractivity contribution in [3.8, 4) is 0 Å². The van der Waals surface area contributed by atoms with Crippen LogP contribution in [0.4, 0.5) is 13.2 Å². The SMILES string of the molecule is Cc1cc(C(=O)CCCC(F)(F)F)sc1C. The van der Waals surface area contributed by atoms with Gasteiger partial charge >= 0.3 is 6.18 Å². The molecular formula is C11H13F3OS. The molecule has 0 unspecified atom stereocenters. The van der Waals surface area contributed by atoms with Crippen LogP contribution >= 0.6 is 11.3 Å². The Kier molecular flexibility index (Phi) is 4.13. The van der Waals surface area contributed by atoms with Crippen molar-refractivity contribution in [2.75, 3.05) is 0 Å². The summed E-state index contributed by atoms with van der Waals surface area (Å²) in [5.74, 6) is -0.189. The fourth-order valence-electron chi connectivity index (χ4n) is 1.28. The average molecular weight is 250 g/mol. The minimum absolute atomic E-state index is 0.0289. The van der Waals surface area contributed by atoms with Crippen LogP contribution in [0.5, 0.6) is 0 Å². The fourth-order valence-corrected chi connectivity index (χ4v) is 2.28. The van der Waals surface area contributed by atoms with E-state index >= 15 is 0 Å². The monoisotopic (exact) mass is 250 g/mol. The lowest BCUT2D eigenvalue weighted by Crippen LogP contribution is -2.08. The molecule has 0 N–H and O–H groups in total. The van der Waals surface area contributed by atoms with E-state index in [-0.39, 0.29) is 18.6 Å². The van der Waals surface area contributed by atoms with Crippen molar-refractivity contribution in [1.82, 2.24) is 0 Å². The van der Waals surface area contributed by atoms with Crippen LogP contribution < -0.4 is 0 Å². The summed E-state index contributed by atoms with van der Waals surface area (Å²) >= 11 is 1.35. The van der Waals surface area contributed by atoms with Crippen molar-refractivity contribution >= 4 is 17.1 Å². The topological polar surface area (TPSA) is 17.1 Å². The summed E-state index contributed by atoms with van der Waals surface area (Å²) < 4.78 is 35.6. The molecule has 16 heavy (non-hydrogen) atoms. The molecule has 1 heterocycles. The lowest BCUT2D eigenvalue weighted by atomic mass is 10.1. The highest BCUT2D eigenvalue weighted by atomic mass is 32.1. The minimum Gasteiger partial charge on any atom is -0.293 e. The van der Waals surface area contributed by atoms with Crippen molar-refractivity contribution < 1.29 is 18.0 Å². The Labute approximate surface area is 96.3 Å². The predicted molar refractivity (Wildman–Crippen MR) is 58.0 cm³/mol. The predicted octanol–water partition coefficient (Wildman–Crippen LogP) is 4.28. The zero-order valence-electron chi connectivity index (χ0n) is 9.15. The Morgan fingerprint density at radius 3 is 2.44 bits per heavy atom. The van der Waals surface area contributed by atoms with E-state index in [1.807, 2.05) is 13.8 Å². The number of carbonyl (C=O) groups is 1. The van der Waals surface area contributed by atoms with Crippen LogP contribution in [0.25, 0.3) is 0 Å². The second-order valence-corrected chi connectivity index (χ2v) is 5.00. The van der Waals surface area contributed by atoms with Crippen molar-refractivity contribution in [3.05, 3.63) is 21.4 Å². The van der Waals surface area contributed by atoms with Crippen molar-refractivity contribution in [1.29, 1.82) is 0 Å². The van der Waals surface area contributed by atoms with Gasteiger partial charge in [0.1, 0.15) is 0 Å². The fraction of sp³-hybridized carbons (Fsp3) is 0.545. The van der Waals surface area contributed by atoms with Crippen LogP contribution in [-0.2, 0) is 0 Å². The molecule has 1 nitrogen and oxygen atoms in total. The van der Waals surface area contributed by atoms with Gasteiger partial charge in [-0.1, -0.05) is 0 Å². The van der Waals surface area contributed by atoms with Gasteiger partial charge in [0, 0.05) is 17.7 Å². The molecule has 1 aromatic rings. The smallest absolute Gasteiger partial charge is 0.293 e. The third-order valence-electron chi connectivity index (χ3n) is 2.30. The average Bonchev–Trinajstić information content (AvgIpc) is 2.45. The zero-order valence-corrected chi connectivity index (χ0v) is 9.97. The van der Waals surface area contributed by atoms with Crippen molar-refractivity contribution in [3.63, 3.8) is 0 Å². The normalized spacial score (nSPS) is 11.8. The molecular weight excluding hydrogens is 237 g/mol. The third-order valence-corrected chi connectivity index (χ3v) is 3.50. The Morgan fingerprint density at radius 2 is 2.00 bits per heavy atom. The maximum Gasteiger partial charge on any atom is 0.389 e. The van der Waals surface area contributed by atoms with Gasteiger partial charge in [0.2, 0.25) is 0 Å². The molecule has 0 aliphatic carbocycles. The molecule has 0 aromatic carbocycles. The number of Topliss-reactive ketones (excluding diaryl/α,β-unsaturated/α-hetero) is 1. The van der Waals surface area contributed by atoms with Gasteiger partial charge in [-0.3, -0.25) is 4.79 Å². The first kappa shape index (κ1) is 13.2. The number of carbonyl (C=O) groups excluding carboxylic acids is 1. The van der Waals surface area contributed by atoms with Crippen LogP contribution in [-0.4, -0.2) is 12.0 Å². The number of aryl methyl sites for hydroxylation is 2. The summed E-state index contributed by atoms with van der Waals surface area (Å²) in [6, 6.07) is 1.75. The van der Waals surface area contributed by atoms with Crippen LogP contribution in [0, 0.1) is 13.8 Å². The number of halogens is 3. The number of thiophene rings is 1. The standard InChI is InChI=1S/C11H13F3OS/c1-7-6-10(16-8(7)2)9(15)4-3-5-11(12,13)14/h6H,3-5H2,1-2H3. The largest absolute Gasteiger partial charge is 0.389 e. The van der Waals surface area contributed by atoms with Crippen LogP contribution in [0.1, 0.15) is 39.4 Å². The molecule has 0 spiro atoms. The van der Waals surface area contributed by atoms with Gasteiger partial charge in [0.25, 0.3) is 0 Å². The Morgan fingerprint density at radius 1 is 1.38 bits per heavy atom. The second-order valence-electron chi connectivity index (χ2n) is 3.74. The number of alkyl halides is 3. The highest BCUT2D eigenvalue weighted by Gasteiger charge is 2.26. The lowest BCUT2D eigenvalue weighted by Gasteiger charge is -2.04. The lowest BCUT2D eigenvalue weighted by molar-refractivity contribution is -0.135. The quantitative estimate of drug-likeness (QED) is 0.729. The zero-order chi connectivity index (χ0) is 12.3. The highest BCUT2D eigenvalue weighted by Crippen LogP contribution is 2.25. The molecule has 0 bridgehead atoms. The molecule has 0 aliphatic heterocycles.